The Hall–Kier alpha value is -1.65. The van der Waals surface area contributed by atoms with Gasteiger partial charge in [0, 0.05) is 6.20 Å². The summed E-state index contributed by atoms with van der Waals surface area (Å²) in [5.41, 5.74) is -0.222. The van der Waals surface area contributed by atoms with E-state index in [4.69, 9.17) is 4.74 Å². The first kappa shape index (κ1) is 9.44. The van der Waals surface area contributed by atoms with Crippen molar-refractivity contribution in [2.24, 2.45) is 0 Å². The van der Waals surface area contributed by atoms with Gasteiger partial charge in [0.05, 0.1) is 12.8 Å². The molecule has 1 aromatic heterocycles. The van der Waals surface area contributed by atoms with Crippen LogP contribution in [0, 0.1) is 0 Å². The Bertz CT molecular complexity index is 325. The Morgan fingerprint density at radius 2 is 2.46 bits per heavy atom. The molecule has 0 saturated heterocycles. The minimum absolute atomic E-state index is 0.119. The van der Waals surface area contributed by atoms with E-state index in [-0.39, 0.29) is 11.3 Å². The van der Waals surface area contributed by atoms with Gasteiger partial charge in [-0.15, -0.1) is 0 Å². The highest BCUT2D eigenvalue weighted by atomic mass is 16.5. The van der Waals surface area contributed by atoms with Crippen molar-refractivity contribution in [2.75, 3.05) is 6.61 Å². The Morgan fingerprint density at radius 1 is 1.69 bits per heavy atom. The summed E-state index contributed by atoms with van der Waals surface area (Å²) < 4.78 is 4.79. The van der Waals surface area contributed by atoms with Gasteiger partial charge in [-0.1, -0.05) is 6.92 Å². The molecular formula is C8H10N2O3. The maximum absolute atomic E-state index is 11.1. The van der Waals surface area contributed by atoms with Crippen molar-refractivity contribution in [2.45, 2.75) is 13.3 Å². The number of hydrogen-bond acceptors (Lipinski definition) is 4. The largest absolute Gasteiger partial charge is 0.461 e. The number of ether oxygens (including phenoxy) is 1. The fourth-order valence-corrected chi connectivity index (χ4v) is 0.723. The minimum atomic E-state index is -0.516. The smallest absolute Gasteiger partial charge is 0.358 e. The van der Waals surface area contributed by atoms with Crippen LogP contribution in [0.3, 0.4) is 0 Å². The molecule has 1 aromatic rings. The first-order valence-electron chi connectivity index (χ1n) is 3.96. The van der Waals surface area contributed by atoms with Crippen LogP contribution in [0.2, 0.25) is 0 Å². The number of aromatic nitrogens is 2. The Balaban J connectivity index is 2.66. The second-order valence-electron chi connectivity index (χ2n) is 2.43. The quantitative estimate of drug-likeness (QED) is 0.684. The zero-order valence-corrected chi connectivity index (χ0v) is 7.24. The first-order chi connectivity index (χ1) is 6.24. The third-order valence-electron chi connectivity index (χ3n) is 1.32. The summed E-state index contributed by atoms with van der Waals surface area (Å²) in [6.45, 7) is 2.26. The molecule has 1 heterocycles. The fraction of sp³-hybridized carbons (Fsp3) is 0.375. The Morgan fingerprint density at radius 3 is 3.00 bits per heavy atom. The molecule has 5 nitrogen and oxygen atoms in total. The number of H-pyrrole nitrogens is 1. The van der Waals surface area contributed by atoms with Crippen LogP contribution in [-0.4, -0.2) is 22.5 Å². The second-order valence-corrected chi connectivity index (χ2v) is 2.43. The molecule has 13 heavy (non-hydrogen) atoms. The van der Waals surface area contributed by atoms with Crippen LogP contribution in [-0.2, 0) is 4.74 Å². The summed E-state index contributed by atoms with van der Waals surface area (Å²) >= 11 is 0. The molecule has 0 aliphatic rings. The predicted octanol–water partition coefficient (Wildman–Crippen LogP) is 0.337. The van der Waals surface area contributed by atoms with Crippen LogP contribution in [0.25, 0.3) is 0 Å². The van der Waals surface area contributed by atoms with Crippen LogP contribution >= 0.6 is 0 Å². The molecule has 1 rings (SSSR count). The maximum Gasteiger partial charge on any atom is 0.358 e. The normalized spacial score (nSPS) is 9.62. The van der Waals surface area contributed by atoms with E-state index in [9.17, 15) is 9.59 Å². The van der Waals surface area contributed by atoms with Crippen LogP contribution in [0.15, 0.2) is 17.2 Å². The van der Waals surface area contributed by atoms with Gasteiger partial charge in [-0.25, -0.2) is 9.78 Å². The van der Waals surface area contributed by atoms with Gasteiger partial charge in [0.1, 0.15) is 0 Å². The lowest BCUT2D eigenvalue weighted by Gasteiger charge is -2.00. The molecule has 0 aliphatic heterocycles. The topological polar surface area (TPSA) is 72.1 Å². The minimum Gasteiger partial charge on any atom is -0.461 e. The number of carbonyl (C=O) groups excluding carboxylic acids is 1. The van der Waals surface area contributed by atoms with Crippen LogP contribution < -0.4 is 5.56 Å². The number of nitrogens with zero attached hydrogens (tertiary/aromatic N) is 1. The van der Waals surface area contributed by atoms with E-state index in [1.807, 2.05) is 6.92 Å². The number of esters is 1. The molecular weight excluding hydrogens is 172 g/mol. The van der Waals surface area contributed by atoms with Crippen molar-refractivity contribution in [1.82, 2.24) is 9.97 Å². The number of aromatic amines is 1. The number of rotatable bonds is 3. The van der Waals surface area contributed by atoms with Gasteiger partial charge in [-0.3, -0.25) is 4.79 Å². The number of carbonyl (C=O) groups is 1. The van der Waals surface area contributed by atoms with Gasteiger partial charge in [0.2, 0.25) is 0 Å². The van der Waals surface area contributed by atoms with Crippen molar-refractivity contribution in [1.29, 1.82) is 0 Å². The lowest BCUT2D eigenvalue weighted by molar-refractivity contribution is 0.0497. The predicted molar refractivity (Wildman–Crippen MR) is 45.4 cm³/mol. The zero-order chi connectivity index (χ0) is 9.68. The molecule has 1 N–H and O–H groups in total. The molecule has 0 unspecified atom stereocenters. The van der Waals surface area contributed by atoms with Crippen molar-refractivity contribution in [3.8, 4) is 0 Å². The average Bonchev–Trinajstić information content (AvgIpc) is 2.15. The van der Waals surface area contributed by atoms with Gasteiger partial charge in [-0.05, 0) is 6.42 Å². The highest BCUT2D eigenvalue weighted by Crippen LogP contribution is 1.93. The third kappa shape index (κ3) is 2.70. The van der Waals surface area contributed by atoms with E-state index < -0.39 is 5.97 Å². The average molecular weight is 182 g/mol. The maximum atomic E-state index is 11.1. The number of hydrogen-bond donors (Lipinski definition) is 1. The van der Waals surface area contributed by atoms with Crippen molar-refractivity contribution in [3.05, 3.63) is 28.4 Å². The van der Waals surface area contributed by atoms with Gasteiger partial charge in [-0.2, -0.15) is 0 Å². The van der Waals surface area contributed by atoms with E-state index in [1.54, 1.807) is 0 Å². The van der Waals surface area contributed by atoms with Crippen LogP contribution in [0.4, 0.5) is 0 Å². The molecule has 0 spiro atoms. The van der Waals surface area contributed by atoms with E-state index in [0.717, 1.165) is 12.6 Å². The molecule has 0 aliphatic carbocycles. The van der Waals surface area contributed by atoms with E-state index >= 15 is 0 Å². The number of nitrogens with one attached hydrogen (secondary N) is 1. The van der Waals surface area contributed by atoms with Gasteiger partial charge < -0.3 is 9.72 Å². The van der Waals surface area contributed by atoms with E-state index in [2.05, 4.69) is 9.97 Å². The second kappa shape index (κ2) is 4.39. The summed E-state index contributed by atoms with van der Waals surface area (Å²) in [4.78, 5) is 27.6. The van der Waals surface area contributed by atoms with Crippen LogP contribution in [0.1, 0.15) is 23.8 Å². The summed E-state index contributed by atoms with van der Waals surface area (Å²) in [5, 5.41) is 0. The molecule has 0 fully saturated rings. The molecule has 0 radical (unpaired) electrons. The SMILES string of the molecule is CCCOC(=O)c1c[nH]c(=O)cn1. The highest BCUT2D eigenvalue weighted by molar-refractivity contribution is 5.86. The zero-order valence-electron chi connectivity index (χ0n) is 7.24. The third-order valence-corrected chi connectivity index (χ3v) is 1.32. The van der Waals surface area contributed by atoms with E-state index in [0.29, 0.717) is 6.61 Å². The first-order valence-corrected chi connectivity index (χ1v) is 3.96. The summed E-state index contributed by atoms with van der Waals surface area (Å²) in [7, 11) is 0. The summed E-state index contributed by atoms with van der Waals surface area (Å²) in [5.74, 6) is -0.516. The Kier molecular flexibility index (Phi) is 3.19. The highest BCUT2D eigenvalue weighted by Gasteiger charge is 2.07. The van der Waals surface area contributed by atoms with Gasteiger partial charge >= 0.3 is 5.97 Å². The standard InChI is InChI=1S/C8H10N2O3/c1-2-3-13-8(12)6-4-10-7(11)5-9-6/h4-5H,2-3H2,1H3,(H,10,11). The molecule has 0 saturated carbocycles. The van der Waals surface area contributed by atoms with Crippen molar-refractivity contribution < 1.29 is 9.53 Å². The monoisotopic (exact) mass is 182 g/mol. The van der Waals surface area contributed by atoms with Crippen molar-refractivity contribution >= 4 is 5.97 Å². The molecule has 0 aromatic carbocycles. The molecule has 5 heteroatoms. The van der Waals surface area contributed by atoms with Gasteiger partial charge in [0.15, 0.2) is 5.69 Å². The lowest BCUT2D eigenvalue weighted by atomic mass is 10.4. The van der Waals surface area contributed by atoms with Crippen molar-refractivity contribution in [3.63, 3.8) is 0 Å². The summed E-state index contributed by atoms with van der Waals surface area (Å²) in [6.07, 6.45) is 3.04. The van der Waals surface area contributed by atoms with Crippen LogP contribution in [0.5, 0.6) is 0 Å². The lowest BCUT2D eigenvalue weighted by Crippen LogP contribution is -2.13. The Labute approximate surface area is 74.8 Å². The fourth-order valence-electron chi connectivity index (χ4n) is 0.723. The molecule has 0 amide bonds. The summed E-state index contributed by atoms with van der Waals surface area (Å²) in [6, 6.07) is 0. The van der Waals surface area contributed by atoms with E-state index in [1.165, 1.54) is 6.20 Å². The molecule has 0 atom stereocenters. The molecule has 70 valence electrons. The van der Waals surface area contributed by atoms with Gasteiger partial charge in [0.25, 0.3) is 5.56 Å². The molecule has 0 bridgehead atoms.